The van der Waals surface area contributed by atoms with Crippen molar-refractivity contribution in [3.05, 3.63) is 22.8 Å². The van der Waals surface area contributed by atoms with Crippen LogP contribution in [0.4, 0.5) is 0 Å². The molecule has 1 aromatic rings. The quantitative estimate of drug-likeness (QED) is 0.690. The Kier molecular flexibility index (Phi) is 7.84. The zero-order valence-corrected chi connectivity index (χ0v) is 13.0. The molecule has 1 heterocycles. The Morgan fingerprint density at radius 3 is 2.79 bits per heavy atom. The molecule has 0 saturated carbocycles. The van der Waals surface area contributed by atoms with Gasteiger partial charge in [-0.3, -0.25) is 0 Å². The Bertz CT molecular complexity index is 371. The van der Waals surface area contributed by atoms with Crippen LogP contribution in [0, 0.1) is 0 Å². The van der Waals surface area contributed by atoms with Crippen molar-refractivity contribution in [2.24, 2.45) is 0 Å². The van der Waals surface area contributed by atoms with E-state index in [2.05, 4.69) is 24.1 Å². The molecule has 0 aromatic carbocycles. The molecule has 3 nitrogen and oxygen atoms in total. The molecule has 1 unspecified atom stereocenters. The van der Waals surface area contributed by atoms with Crippen LogP contribution in [0.2, 0.25) is 5.02 Å². The minimum absolute atomic E-state index is 0.164. The molecule has 1 aromatic heterocycles. The summed E-state index contributed by atoms with van der Waals surface area (Å²) in [5.41, 5.74) is 1.07. The largest absolute Gasteiger partial charge is 0.474 e. The number of halogens is 1. The van der Waals surface area contributed by atoms with Gasteiger partial charge in [0.05, 0.1) is 6.10 Å². The van der Waals surface area contributed by atoms with Crippen molar-refractivity contribution in [1.29, 1.82) is 0 Å². The van der Waals surface area contributed by atoms with Gasteiger partial charge >= 0.3 is 0 Å². The van der Waals surface area contributed by atoms with Crippen LogP contribution >= 0.6 is 11.6 Å². The van der Waals surface area contributed by atoms with Gasteiger partial charge in [0.25, 0.3) is 0 Å². The molecule has 108 valence electrons. The molecule has 0 bridgehead atoms. The van der Waals surface area contributed by atoms with Gasteiger partial charge in [0, 0.05) is 12.7 Å². The van der Waals surface area contributed by atoms with Crippen LogP contribution in [0.3, 0.4) is 0 Å². The molecular weight excluding hydrogens is 260 g/mol. The minimum atomic E-state index is 0.164. The first-order chi connectivity index (χ1) is 9.17. The summed E-state index contributed by atoms with van der Waals surface area (Å²) in [5, 5.41) is 3.66. The molecule has 0 saturated heterocycles. The lowest BCUT2D eigenvalue weighted by Crippen LogP contribution is -2.13. The number of hydrogen-bond acceptors (Lipinski definition) is 3. The SMILES string of the molecule is CCCCCCC(C)Oc1ncc(CNC)cc1Cl. The van der Waals surface area contributed by atoms with E-state index in [0.717, 1.165) is 18.5 Å². The predicted octanol–water partition coefficient (Wildman–Crippen LogP) is 4.19. The Morgan fingerprint density at radius 1 is 1.37 bits per heavy atom. The number of ether oxygens (including phenoxy) is 1. The monoisotopic (exact) mass is 284 g/mol. The maximum Gasteiger partial charge on any atom is 0.232 e. The van der Waals surface area contributed by atoms with Crippen molar-refractivity contribution in [3.63, 3.8) is 0 Å². The molecule has 1 atom stereocenters. The summed E-state index contributed by atoms with van der Waals surface area (Å²) in [4.78, 5) is 4.29. The normalized spacial score (nSPS) is 12.4. The first-order valence-corrected chi connectivity index (χ1v) is 7.50. The second kappa shape index (κ2) is 9.16. The summed E-state index contributed by atoms with van der Waals surface area (Å²) in [6, 6.07) is 1.91. The zero-order valence-electron chi connectivity index (χ0n) is 12.2. The molecule has 0 aliphatic carbocycles. The molecule has 0 radical (unpaired) electrons. The smallest absolute Gasteiger partial charge is 0.232 e. The summed E-state index contributed by atoms with van der Waals surface area (Å²) in [6.45, 7) is 5.06. The number of pyridine rings is 1. The van der Waals surface area contributed by atoms with Crippen molar-refractivity contribution >= 4 is 11.6 Å². The zero-order chi connectivity index (χ0) is 14.1. The standard InChI is InChI=1S/C15H25ClN2O/c1-4-5-6-7-8-12(2)19-15-14(16)9-13(10-17-3)11-18-15/h9,11-12,17H,4-8,10H2,1-3H3. The molecule has 1 rings (SSSR count). The first kappa shape index (κ1) is 16.3. The van der Waals surface area contributed by atoms with Gasteiger partial charge in [0.1, 0.15) is 5.02 Å². The minimum Gasteiger partial charge on any atom is -0.474 e. The third kappa shape index (κ3) is 6.26. The number of nitrogens with one attached hydrogen (secondary N) is 1. The van der Waals surface area contributed by atoms with Gasteiger partial charge in [-0.2, -0.15) is 0 Å². The van der Waals surface area contributed by atoms with Crippen LogP contribution < -0.4 is 10.1 Å². The van der Waals surface area contributed by atoms with Gasteiger partial charge < -0.3 is 10.1 Å². The molecule has 0 fully saturated rings. The average Bonchev–Trinajstić information content (AvgIpc) is 2.38. The lowest BCUT2D eigenvalue weighted by Gasteiger charge is -2.15. The second-order valence-electron chi connectivity index (χ2n) is 4.94. The van der Waals surface area contributed by atoms with Crippen molar-refractivity contribution in [1.82, 2.24) is 10.3 Å². The van der Waals surface area contributed by atoms with E-state index in [4.69, 9.17) is 16.3 Å². The van der Waals surface area contributed by atoms with Gasteiger partial charge in [-0.15, -0.1) is 0 Å². The van der Waals surface area contributed by atoms with Gasteiger partial charge in [-0.1, -0.05) is 37.8 Å². The highest BCUT2D eigenvalue weighted by Crippen LogP contribution is 2.24. The van der Waals surface area contributed by atoms with E-state index in [1.807, 2.05) is 19.3 Å². The van der Waals surface area contributed by atoms with Crippen molar-refractivity contribution in [2.75, 3.05) is 7.05 Å². The summed E-state index contributed by atoms with van der Waals surface area (Å²) in [5.74, 6) is 0.546. The number of rotatable bonds is 9. The molecule has 0 amide bonds. The van der Waals surface area contributed by atoms with Gasteiger partial charge in [0.15, 0.2) is 0 Å². The van der Waals surface area contributed by atoms with Crippen LogP contribution in [0.5, 0.6) is 5.88 Å². The summed E-state index contributed by atoms with van der Waals surface area (Å²) in [7, 11) is 1.90. The van der Waals surface area contributed by atoms with Gasteiger partial charge in [-0.25, -0.2) is 4.98 Å². The van der Waals surface area contributed by atoms with E-state index >= 15 is 0 Å². The van der Waals surface area contributed by atoms with Crippen LogP contribution in [0.1, 0.15) is 51.5 Å². The van der Waals surface area contributed by atoms with Crippen molar-refractivity contribution in [2.45, 2.75) is 58.6 Å². The Labute approximate surface area is 121 Å². The molecule has 4 heteroatoms. The van der Waals surface area contributed by atoms with Crippen LogP contribution in [-0.4, -0.2) is 18.1 Å². The van der Waals surface area contributed by atoms with E-state index in [9.17, 15) is 0 Å². The number of hydrogen-bond donors (Lipinski definition) is 1. The Hall–Kier alpha value is -0.800. The maximum atomic E-state index is 6.18. The molecule has 1 N–H and O–H groups in total. The van der Waals surface area contributed by atoms with E-state index in [-0.39, 0.29) is 6.10 Å². The highest BCUT2D eigenvalue weighted by Gasteiger charge is 2.09. The fourth-order valence-electron chi connectivity index (χ4n) is 1.96. The van der Waals surface area contributed by atoms with Crippen LogP contribution in [0.15, 0.2) is 12.3 Å². The molecule has 0 spiro atoms. The highest BCUT2D eigenvalue weighted by atomic mass is 35.5. The third-order valence-corrected chi connectivity index (χ3v) is 3.29. The molecular formula is C15H25ClN2O. The highest BCUT2D eigenvalue weighted by molar-refractivity contribution is 6.31. The topological polar surface area (TPSA) is 34.1 Å². The lowest BCUT2D eigenvalue weighted by molar-refractivity contribution is 0.198. The number of aromatic nitrogens is 1. The van der Waals surface area contributed by atoms with E-state index in [1.165, 1.54) is 25.7 Å². The Balaban J connectivity index is 2.43. The second-order valence-corrected chi connectivity index (χ2v) is 5.35. The maximum absolute atomic E-state index is 6.18. The number of nitrogens with zero attached hydrogens (tertiary/aromatic N) is 1. The lowest BCUT2D eigenvalue weighted by atomic mass is 10.1. The Morgan fingerprint density at radius 2 is 2.16 bits per heavy atom. The van der Waals surface area contributed by atoms with Crippen molar-refractivity contribution in [3.8, 4) is 5.88 Å². The fraction of sp³-hybridized carbons (Fsp3) is 0.667. The molecule has 19 heavy (non-hydrogen) atoms. The summed E-state index contributed by atoms with van der Waals surface area (Å²) < 4.78 is 5.79. The molecule has 0 aliphatic rings. The van der Waals surface area contributed by atoms with Crippen molar-refractivity contribution < 1.29 is 4.74 Å². The third-order valence-electron chi connectivity index (χ3n) is 3.02. The van der Waals surface area contributed by atoms with E-state index in [1.54, 1.807) is 0 Å². The summed E-state index contributed by atoms with van der Waals surface area (Å²) >= 11 is 6.18. The van der Waals surface area contributed by atoms with Gasteiger partial charge in [0.2, 0.25) is 5.88 Å². The van der Waals surface area contributed by atoms with Crippen LogP contribution in [0.25, 0.3) is 0 Å². The fourth-order valence-corrected chi connectivity index (χ4v) is 2.19. The van der Waals surface area contributed by atoms with E-state index in [0.29, 0.717) is 10.9 Å². The molecule has 0 aliphatic heterocycles. The predicted molar refractivity (Wildman–Crippen MR) is 80.9 cm³/mol. The van der Waals surface area contributed by atoms with E-state index < -0.39 is 0 Å². The van der Waals surface area contributed by atoms with Gasteiger partial charge in [-0.05, 0) is 38.4 Å². The first-order valence-electron chi connectivity index (χ1n) is 7.13. The summed E-state index contributed by atoms with van der Waals surface area (Å²) in [6.07, 6.45) is 8.05. The average molecular weight is 285 g/mol. The van der Waals surface area contributed by atoms with Crippen LogP contribution in [-0.2, 0) is 6.54 Å². The number of unbranched alkanes of at least 4 members (excludes halogenated alkanes) is 3.